The van der Waals surface area contributed by atoms with Gasteiger partial charge in [0.1, 0.15) is 6.04 Å². The Hall–Kier alpha value is -1.47. The summed E-state index contributed by atoms with van der Waals surface area (Å²) in [5.74, 6) is -0.974. The van der Waals surface area contributed by atoms with Crippen molar-refractivity contribution in [2.45, 2.75) is 18.9 Å². The van der Waals surface area contributed by atoms with Gasteiger partial charge >= 0.3 is 5.97 Å². The molecule has 18 heavy (non-hydrogen) atoms. The molecule has 6 nitrogen and oxygen atoms in total. The van der Waals surface area contributed by atoms with E-state index in [1.54, 1.807) is 12.5 Å². The number of likely N-dealkylation sites (tertiary alicyclic amines) is 1. The second-order valence-electron chi connectivity index (χ2n) is 4.46. The summed E-state index contributed by atoms with van der Waals surface area (Å²) in [6.07, 6.45) is 4.54. The molecule has 0 bridgehead atoms. The summed E-state index contributed by atoms with van der Waals surface area (Å²) in [5.41, 5.74) is 6.64. The zero-order chi connectivity index (χ0) is 13.1. The van der Waals surface area contributed by atoms with Crippen molar-refractivity contribution in [3.63, 3.8) is 0 Å². The van der Waals surface area contributed by atoms with E-state index >= 15 is 0 Å². The van der Waals surface area contributed by atoms with E-state index in [2.05, 4.69) is 14.9 Å². The van der Waals surface area contributed by atoms with Gasteiger partial charge in [-0.1, -0.05) is 12.2 Å². The lowest BCUT2D eigenvalue weighted by atomic mass is 9.95. The highest BCUT2D eigenvalue weighted by Crippen LogP contribution is 2.26. The average molecular weight is 268 g/mol. The molecule has 1 saturated heterocycles. The number of carbonyl (C=O) groups is 1. The first-order chi connectivity index (χ1) is 8.59. The number of nitrogens with two attached hydrogens (primary N) is 1. The molecule has 0 spiro atoms. The first-order valence-corrected chi connectivity index (χ1v) is 6.25. The number of imidazole rings is 1. The number of carboxylic acid groups (broad SMARTS) is 1. The Kier molecular flexibility index (Phi) is 3.93. The minimum absolute atomic E-state index is 0.183. The molecule has 7 heteroatoms. The number of nitrogens with one attached hydrogen (secondary N) is 1. The zero-order valence-corrected chi connectivity index (χ0v) is 10.7. The maximum Gasteiger partial charge on any atom is 0.306 e. The number of aromatic amines is 1. The highest BCUT2D eigenvalue weighted by Gasteiger charge is 2.31. The normalized spacial score (nSPS) is 19.6. The highest BCUT2D eigenvalue weighted by molar-refractivity contribution is 7.80. The van der Waals surface area contributed by atoms with E-state index in [0.717, 1.165) is 5.69 Å². The predicted octanol–water partition coefficient (Wildman–Crippen LogP) is 0.533. The minimum atomic E-state index is -0.719. The lowest BCUT2D eigenvalue weighted by molar-refractivity contribution is -0.143. The number of aliphatic carboxylic acids is 1. The molecule has 4 N–H and O–H groups in total. The van der Waals surface area contributed by atoms with Crippen LogP contribution in [0.25, 0.3) is 0 Å². The van der Waals surface area contributed by atoms with Crippen LogP contribution in [0.2, 0.25) is 0 Å². The lowest BCUT2D eigenvalue weighted by Crippen LogP contribution is -2.43. The molecule has 1 fully saturated rings. The molecule has 98 valence electrons. The largest absolute Gasteiger partial charge is 0.481 e. The topological polar surface area (TPSA) is 95.2 Å². The van der Waals surface area contributed by atoms with Crippen LogP contribution in [0.5, 0.6) is 0 Å². The van der Waals surface area contributed by atoms with Gasteiger partial charge in [0.15, 0.2) is 0 Å². The number of nitrogens with zero attached hydrogens (tertiary/aromatic N) is 2. The smallest absolute Gasteiger partial charge is 0.306 e. The van der Waals surface area contributed by atoms with Gasteiger partial charge in [-0.2, -0.15) is 0 Å². The van der Waals surface area contributed by atoms with Gasteiger partial charge in [0.25, 0.3) is 0 Å². The molecule has 1 atom stereocenters. The van der Waals surface area contributed by atoms with Crippen molar-refractivity contribution in [1.29, 1.82) is 0 Å². The number of rotatable bonds is 4. The fraction of sp³-hybridized carbons (Fsp3) is 0.545. The minimum Gasteiger partial charge on any atom is -0.481 e. The predicted molar refractivity (Wildman–Crippen MR) is 70.0 cm³/mol. The number of H-pyrrole nitrogens is 1. The second kappa shape index (κ2) is 5.45. The SMILES string of the molecule is NC(=S)C(c1cnc[nH]1)N1CCC(C(=O)O)CC1. The number of piperidine rings is 1. The van der Waals surface area contributed by atoms with Crippen LogP contribution in [-0.4, -0.2) is 44.0 Å². The molecule has 1 aromatic rings. The molecule has 0 radical (unpaired) electrons. The highest BCUT2D eigenvalue weighted by atomic mass is 32.1. The number of hydrogen-bond acceptors (Lipinski definition) is 4. The Morgan fingerprint density at radius 1 is 1.61 bits per heavy atom. The van der Waals surface area contributed by atoms with E-state index < -0.39 is 5.97 Å². The summed E-state index contributed by atoms with van der Waals surface area (Å²) in [6, 6.07) is -0.183. The molecular formula is C11H16N4O2S. The van der Waals surface area contributed by atoms with Crippen LogP contribution in [-0.2, 0) is 4.79 Å². The van der Waals surface area contributed by atoms with Crippen LogP contribution < -0.4 is 5.73 Å². The van der Waals surface area contributed by atoms with Crippen molar-refractivity contribution in [2.24, 2.45) is 11.7 Å². The van der Waals surface area contributed by atoms with E-state index in [9.17, 15) is 4.79 Å². The van der Waals surface area contributed by atoms with Crippen LogP contribution in [0.3, 0.4) is 0 Å². The van der Waals surface area contributed by atoms with Crippen molar-refractivity contribution in [1.82, 2.24) is 14.9 Å². The van der Waals surface area contributed by atoms with Crippen molar-refractivity contribution in [3.8, 4) is 0 Å². The van der Waals surface area contributed by atoms with Crippen molar-refractivity contribution in [3.05, 3.63) is 18.2 Å². The van der Waals surface area contributed by atoms with Crippen LogP contribution in [0.15, 0.2) is 12.5 Å². The summed E-state index contributed by atoms with van der Waals surface area (Å²) in [6.45, 7) is 1.36. The maximum absolute atomic E-state index is 10.9. The molecule has 1 aliphatic rings. The van der Waals surface area contributed by atoms with Gasteiger partial charge < -0.3 is 15.8 Å². The molecular weight excluding hydrogens is 252 g/mol. The quantitative estimate of drug-likeness (QED) is 0.690. The molecule has 0 aromatic carbocycles. The van der Waals surface area contributed by atoms with E-state index in [1.807, 2.05) is 0 Å². The Labute approximate surface area is 110 Å². The van der Waals surface area contributed by atoms with Crippen LogP contribution in [0.1, 0.15) is 24.6 Å². The fourth-order valence-electron chi connectivity index (χ4n) is 2.35. The fourth-order valence-corrected chi connectivity index (χ4v) is 2.63. The number of carboxylic acids is 1. The third-order valence-electron chi connectivity index (χ3n) is 3.33. The molecule has 1 aromatic heterocycles. The van der Waals surface area contributed by atoms with E-state index in [1.165, 1.54) is 0 Å². The van der Waals surface area contributed by atoms with Gasteiger partial charge in [-0.05, 0) is 12.8 Å². The molecule has 2 heterocycles. The van der Waals surface area contributed by atoms with Gasteiger partial charge in [-0.15, -0.1) is 0 Å². The molecule has 1 aliphatic heterocycles. The first-order valence-electron chi connectivity index (χ1n) is 5.84. The zero-order valence-electron chi connectivity index (χ0n) is 9.87. The number of aromatic nitrogens is 2. The van der Waals surface area contributed by atoms with E-state index in [-0.39, 0.29) is 12.0 Å². The summed E-state index contributed by atoms with van der Waals surface area (Å²) in [5, 5.41) is 8.97. The molecule has 0 saturated carbocycles. The molecule has 0 aliphatic carbocycles. The van der Waals surface area contributed by atoms with Gasteiger partial charge in [0.2, 0.25) is 0 Å². The monoisotopic (exact) mass is 268 g/mol. The van der Waals surface area contributed by atoms with Crippen LogP contribution in [0.4, 0.5) is 0 Å². The van der Waals surface area contributed by atoms with Gasteiger partial charge in [-0.25, -0.2) is 4.98 Å². The standard InChI is InChI=1S/C11H16N4O2S/c12-10(18)9(8-5-13-6-14-8)15-3-1-7(2-4-15)11(16)17/h5-7,9H,1-4H2,(H2,12,18)(H,13,14)(H,16,17). The van der Waals surface area contributed by atoms with Crippen LogP contribution >= 0.6 is 12.2 Å². The van der Waals surface area contributed by atoms with Gasteiger partial charge in [-0.3, -0.25) is 9.69 Å². The third kappa shape index (κ3) is 2.68. The van der Waals surface area contributed by atoms with Gasteiger partial charge in [0.05, 0.1) is 22.9 Å². The molecule has 0 amide bonds. The Morgan fingerprint density at radius 3 is 2.72 bits per heavy atom. The third-order valence-corrected chi connectivity index (χ3v) is 3.55. The average Bonchev–Trinajstić information content (AvgIpc) is 2.83. The number of hydrogen-bond donors (Lipinski definition) is 3. The first kappa shape index (κ1) is 13.0. The maximum atomic E-state index is 10.9. The Balaban J connectivity index is 2.06. The summed E-state index contributed by atoms with van der Waals surface area (Å²) >= 11 is 5.10. The van der Waals surface area contributed by atoms with Crippen LogP contribution in [0, 0.1) is 5.92 Å². The molecule has 2 rings (SSSR count). The second-order valence-corrected chi connectivity index (χ2v) is 4.93. The summed E-state index contributed by atoms with van der Waals surface area (Å²) < 4.78 is 0. The van der Waals surface area contributed by atoms with E-state index in [0.29, 0.717) is 30.9 Å². The summed E-state index contributed by atoms with van der Waals surface area (Å²) in [4.78, 5) is 20.4. The van der Waals surface area contributed by atoms with Crippen molar-refractivity contribution in [2.75, 3.05) is 13.1 Å². The Morgan fingerprint density at radius 2 is 2.28 bits per heavy atom. The van der Waals surface area contributed by atoms with Gasteiger partial charge in [0, 0.05) is 19.3 Å². The Bertz CT molecular complexity index is 426. The number of thiocarbonyl (C=S) groups is 1. The van der Waals surface area contributed by atoms with E-state index in [4.69, 9.17) is 23.1 Å². The lowest BCUT2D eigenvalue weighted by Gasteiger charge is -2.35. The molecule has 1 unspecified atom stereocenters. The van der Waals surface area contributed by atoms with Crippen molar-refractivity contribution < 1.29 is 9.90 Å². The summed E-state index contributed by atoms with van der Waals surface area (Å²) in [7, 11) is 0. The van der Waals surface area contributed by atoms with Crippen molar-refractivity contribution >= 4 is 23.2 Å².